The summed E-state index contributed by atoms with van der Waals surface area (Å²) in [6.45, 7) is 1.26. The Morgan fingerprint density at radius 1 is 1.06 bits per heavy atom. The molecule has 2 aromatic rings. The maximum absolute atomic E-state index is 12.7. The van der Waals surface area contributed by atoms with Gasteiger partial charge in [0.2, 0.25) is 5.91 Å². The molecule has 8 nitrogen and oxygen atoms in total. The van der Waals surface area contributed by atoms with Crippen LogP contribution in [-0.2, 0) is 14.3 Å². The lowest BCUT2D eigenvalue weighted by Crippen LogP contribution is -2.49. The molecule has 8 heteroatoms. The van der Waals surface area contributed by atoms with Gasteiger partial charge >= 0.3 is 12.1 Å². The first kappa shape index (κ1) is 23.3. The van der Waals surface area contributed by atoms with E-state index in [0.717, 1.165) is 28.8 Å². The van der Waals surface area contributed by atoms with Crippen molar-refractivity contribution in [1.29, 1.82) is 0 Å². The van der Waals surface area contributed by atoms with E-state index in [-0.39, 0.29) is 12.5 Å². The number of nitrogens with zero attached hydrogens (tertiary/aromatic N) is 1. The monoisotopic (exact) mass is 439 g/mol. The number of carbonyl (C=O) groups is 3. The van der Waals surface area contributed by atoms with E-state index in [1.54, 1.807) is 7.05 Å². The SMILES string of the molecule is CNCCCN(C)C(=O)C(CC(=O)O)NC(=O)OCC1c2ccccc2-c2ccccc21. The van der Waals surface area contributed by atoms with Crippen LogP contribution >= 0.6 is 0 Å². The topological polar surface area (TPSA) is 108 Å². The predicted octanol–water partition coefficient (Wildman–Crippen LogP) is 2.44. The molecule has 32 heavy (non-hydrogen) atoms. The number of rotatable bonds is 10. The summed E-state index contributed by atoms with van der Waals surface area (Å²) in [7, 11) is 3.40. The molecule has 1 aliphatic rings. The smallest absolute Gasteiger partial charge is 0.407 e. The third kappa shape index (κ3) is 5.45. The molecule has 1 aliphatic carbocycles. The third-order valence-corrected chi connectivity index (χ3v) is 5.61. The van der Waals surface area contributed by atoms with E-state index in [2.05, 4.69) is 10.6 Å². The number of likely N-dealkylation sites (N-methyl/N-ethyl adjacent to an activating group) is 1. The fraction of sp³-hybridized carbons (Fsp3) is 0.375. The number of aliphatic carboxylic acids is 1. The lowest BCUT2D eigenvalue weighted by molar-refractivity contribution is -0.142. The van der Waals surface area contributed by atoms with Crippen LogP contribution in [0.25, 0.3) is 11.1 Å². The van der Waals surface area contributed by atoms with Gasteiger partial charge in [0.25, 0.3) is 0 Å². The molecule has 0 spiro atoms. The van der Waals surface area contributed by atoms with Crippen LogP contribution in [0.1, 0.15) is 29.9 Å². The molecule has 1 unspecified atom stereocenters. The zero-order chi connectivity index (χ0) is 23.1. The van der Waals surface area contributed by atoms with Crippen molar-refractivity contribution >= 4 is 18.0 Å². The van der Waals surface area contributed by atoms with Gasteiger partial charge < -0.3 is 25.4 Å². The van der Waals surface area contributed by atoms with E-state index < -0.39 is 30.4 Å². The second-order valence-electron chi connectivity index (χ2n) is 7.84. The standard InChI is InChI=1S/C24H29N3O5/c1-25-12-7-13-27(2)23(30)21(14-22(28)29)26-24(31)32-15-20-18-10-5-3-8-16(18)17-9-4-6-11-19(17)20/h3-6,8-11,20-21,25H,7,12-15H2,1-2H3,(H,26,31)(H,28,29). The van der Waals surface area contributed by atoms with Crippen LogP contribution in [0.5, 0.6) is 0 Å². The van der Waals surface area contributed by atoms with Crippen LogP contribution in [0.4, 0.5) is 4.79 Å². The van der Waals surface area contributed by atoms with Crippen molar-refractivity contribution in [3.63, 3.8) is 0 Å². The number of carboxylic acid groups (broad SMARTS) is 1. The molecular weight excluding hydrogens is 410 g/mol. The van der Waals surface area contributed by atoms with Gasteiger partial charge in [-0.25, -0.2) is 4.79 Å². The predicted molar refractivity (Wildman–Crippen MR) is 120 cm³/mol. The highest BCUT2D eigenvalue weighted by atomic mass is 16.5. The first-order chi connectivity index (χ1) is 15.4. The Labute approximate surface area is 187 Å². The van der Waals surface area contributed by atoms with Gasteiger partial charge in [-0.15, -0.1) is 0 Å². The van der Waals surface area contributed by atoms with Gasteiger partial charge in [0.05, 0.1) is 6.42 Å². The number of benzene rings is 2. The lowest BCUT2D eigenvalue weighted by atomic mass is 9.98. The number of carboxylic acids is 1. The van der Waals surface area contributed by atoms with Crippen molar-refractivity contribution in [1.82, 2.24) is 15.5 Å². The Hall–Kier alpha value is -3.39. The Bertz CT molecular complexity index is 932. The van der Waals surface area contributed by atoms with Gasteiger partial charge in [-0.05, 0) is 42.3 Å². The van der Waals surface area contributed by atoms with Gasteiger partial charge in [-0.2, -0.15) is 0 Å². The molecule has 0 radical (unpaired) electrons. The second-order valence-corrected chi connectivity index (χ2v) is 7.84. The zero-order valence-electron chi connectivity index (χ0n) is 18.3. The van der Waals surface area contributed by atoms with Crippen LogP contribution in [0, 0.1) is 0 Å². The maximum atomic E-state index is 12.7. The first-order valence-corrected chi connectivity index (χ1v) is 10.6. The van der Waals surface area contributed by atoms with Gasteiger partial charge in [-0.1, -0.05) is 48.5 Å². The minimum Gasteiger partial charge on any atom is -0.481 e. The summed E-state index contributed by atoms with van der Waals surface area (Å²) in [5.74, 6) is -1.76. The Morgan fingerprint density at radius 2 is 1.66 bits per heavy atom. The van der Waals surface area contributed by atoms with E-state index in [9.17, 15) is 19.5 Å². The molecule has 3 N–H and O–H groups in total. The fourth-order valence-corrected chi connectivity index (χ4v) is 4.03. The highest BCUT2D eigenvalue weighted by Crippen LogP contribution is 2.44. The Balaban J connectivity index is 1.64. The van der Waals surface area contributed by atoms with Crippen LogP contribution in [0.3, 0.4) is 0 Å². The van der Waals surface area contributed by atoms with E-state index in [1.165, 1.54) is 4.90 Å². The summed E-state index contributed by atoms with van der Waals surface area (Å²) in [5, 5.41) is 14.6. The molecule has 1 atom stereocenters. The van der Waals surface area contributed by atoms with E-state index in [4.69, 9.17) is 4.74 Å². The van der Waals surface area contributed by atoms with Crippen molar-refractivity contribution < 1.29 is 24.2 Å². The summed E-state index contributed by atoms with van der Waals surface area (Å²) in [6.07, 6.45) is -0.613. The molecule has 0 aliphatic heterocycles. The molecule has 0 saturated heterocycles. The number of fused-ring (bicyclic) bond motifs is 3. The van der Waals surface area contributed by atoms with Crippen LogP contribution in [-0.4, -0.2) is 67.8 Å². The summed E-state index contributed by atoms with van der Waals surface area (Å²) >= 11 is 0. The van der Waals surface area contributed by atoms with E-state index >= 15 is 0 Å². The van der Waals surface area contributed by atoms with Gasteiger partial charge in [0.1, 0.15) is 12.6 Å². The van der Waals surface area contributed by atoms with Gasteiger partial charge in [0, 0.05) is 19.5 Å². The van der Waals surface area contributed by atoms with Crippen molar-refractivity contribution in [2.24, 2.45) is 0 Å². The Morgan fingerprint density at radius 3 is 2.22 bits per heavy atom. The molecule has 170 valence electrons. The number of alkyl carbamates (subject to hydrolysis) is 1. The summed E-state index contributed by atoms with van der Waals surface area (Å²) in [6, 6.07) is 14.8. The second kappa shape index (κ2) is 10.8. The summed E-state index contributed by atoms with van der Waals surface area (Å²) in [4.78, 5) is 37.8. The minimum atomic E-state index is -1.19. The molecule has 2 aromatic carbocycles. The van der Waals surface area contributed by atoms with Crippen molar-refractivity contribution in [2.45, 2.75) is 24.8 Å². The summed E-state index contributed by atoms with van der Waals surface area (Å²) in [5.41, 5.74) is 4.37. The third-order valence-electron chi connectivity index (χ3n) is 5.61. The largest absolute Gasteiger partial charge is 0.481 e. The number of hydrogen-bond acceptors (Lipinski definition) is 5. The zero-order valence-corrected chi connectivity index (χ0v) is 18.3. The number of hydrogen-bond donors (Lipinski definition) is 3. The number of ether oxygens (including phenoxy) is 1. The molecule has 0 bridgehead atoms. The van der Waals surface area contributed by atoms with Gasteiger partial charge in [0.15, 0.2) is 0 Å². The molecule has 2 amide bonds. The molecule has 0 fully saturated rings. The highest BCUT2D eigenvalue weighted by Gasteiger charge is 2.31. The number of amides is 2. The average molecular weight is 440 g/mol. The molecule has 0 aromatic heterocycles. The summed E-state index contributed by atoms with van der Waals surface area (Å²) < 4.78 is 5.46. The van der Waals surface area contributed by atoms with Crippen molar-refractivity contribution in [2.75, 3.05) is 33.8 Å². The lowest BCUT2D eigenvalue weighted by Gasteiger charge is -2.24. The number of nitrogens with one attached hydrogen (secondary N) is 2. The normalized spacial score (nSPS) is 13.1. The Kier molecular flexibility index (Phi) is 7.83. The van der Waals surface area contributed by atoms with Crippen molar-refractivity contribution in [3.8, 4) is 11.1 Å². The molecule has 0 heterocycles. The fourth-order valence-electron chi connectivity index (χ4n) is 4.03. The quantitative estimate of drug-likeness (QED) is 0.491. The molecule has 3 rings (SSSR count). The minimum absolute atomic E-state index is 0.0891. The average Bonchev–Trinajstić information content (AvgIpc) is 3.10. The van der Waals surface area contributed by atoms with Crippen LogP contribution in [0.15, 0.2) is 48.5 Å². The van der Waals surface area contributed by atoms with E-state index in [0.29, 0.717) is 13.0 Å². The van der Waals surface area contributed by atoms with Crippen molar-refractivity contribution in [3.05, 3.63) is 59.7 Å². The molecule has 0 saturated carbocycles. The molecular formula is C24H29N3O5. The van der Waals surface area contributed by atoms with Gasteiger partial charge in [-0.3, -0.25) is 9.59 Å². The highest BCUT2D eigenvalue weighted by molar-refractivity contribution is 5.89. The van der Waals surface area contributed by atoms with Crippen LogP contribution in [0.2, 0.25) is 0 Å². The first-order valence-electron chi connectivity index (χ1n) is 10.6. The van der Waals surface area contributed by atoms with E-state index in [1.807, 2.05) is 55.6 Å². The maximum Gasteiger partial charge on any atom is 0.407 e. The number of carbonyl (C=O) groups excluding carboxylic acids is 2. The van der Waals surface area contributed by atoms with Crippen LogP contribution < -0.4 is 10.6 Å².